The number of nitrogens with two attached hydrogens (primary N) is 1. The van der Waals surface area contributed by atoms with Crippen molar-refractivity contribution in [1.82, 2.24) is 4.90 Å². The van der Waals surface area contributed by atoms with Crippen LogP contribution in [0.2, 0.25) is 0 Å². The van der Waals surface area contributed by atoms with Crippen LogP contribution in [0.5, 0.6) is 0 Å². The van der Waals surface area contributed by atoms with E-state index < -0.39 is 23.5 Å². The SMILES string of the molecule is Nc1ccc(NC2CCC(OCC(=O)N3CCCN(c4ccc(C(F)(F)F)cc4)CC3)CC2)cc1C(F)(F)F. The minimum absolute atomic E-state index is 0.00736. The van der Waals surface area contributed by atoms with Crippen molar-refractivity contribution < 1.29 is 35.9 Å². The predicted octanol–water partition coefficient (Wildman–Crippen LogP) is 5.79. The van der Waals surface area contributed by atoms with E-state index in [1.54, 1.807) is 4.90 Å². The number of anilines is 3. The van der Waals surface area contributed by atoms with E-state index in [2.05, 4.69) is 5.32 Å². The van der Waals surface area contributed by atoms with Crippen LogP contribution in [0.4, 0.5) is 43.4 Å². The average Bonchev–Trinajstić information content (AvgIpc) is 3.15. The van der Waals surface area contributed by atoms with Gasteiger partial charge >= 0.3 is 12.4 Å². The maximum atomic E-state index is 13.1. The number of carbonyl (C=O) groups is 1. The Morgan fingerprint density at radius 3 is 2.23 bits per heavy atom. The van der Waals surface area contributed by atoms with E-state index in [-0.39, 0.29) is 30.3 Å². The fourth-order valence-corrected chi connectivity index (χ4v) is 5.07. The molecule has 1 heterocycles. The molecule has 1 saturated carbocycles. The third-order valence-corrected chi connectivity index (χ3v) is 7.25. The molecule has 0 spiro atoms. The van der Waals surface area contributed by atoms with Crippen LogP contribution in [0.25, 0.3) is 0 Å². The molecule has 1 aliphatic carbocycles. The van der Waals surface area contributed by atoms with Crippen LogP contribution < -0.4 is 16.0 Å². The number of halogens is 6. The zero-order chi connectivity index (χ0) is 28.2. The molecular weight excluding hydrogens is 526 g/mol. The van der Waals surface area contributed by atoms with Crippen molar-refractivity contribution in [2.75, 3.05) is 48.7 Å². The van der Waals surface area contributed by atoms with Gasteiger partial charge in [-0.05, 0) is 74.6 Å². The van der Waals surface area contributed by atoms with Crippen molar-refractivity contribution in [3.63, 3.8) is 0 Å². The first-order chi connectivity index (χ1) is 18.4. The van der Waals surface area contributed by atoms with Gasteiger partial charge < -0.3 is 25.6 Å². The van der Waals surface area contributed by atoms with E-state index in [9.17, 15) is 31.1 Å². The number of nitrogens with zero attached hydrogens (tertiary/aromatic N) is 2. The molecule has 1 amide bonds. The second kappa shape index (κ2) is 11.9. The molecule has 0 aromatic heterocycles. The summed E-state index contributed by atoms with van der Waals surface area (Å²) in [4.78, 5) is 16.5. The highest BCUT2D eigenvalue weighted by molar-refractivity contribution is 5.77. The van der Waals surface area contributed by atoms with Crippen molar-refractivity contribution in [2.45, 2.75) is 56.6 Å². The lowest BCUT2D eigenvalue weighted by Crippen LogP contribution is -2.39. The van der Waals surface area contributed by atoms with Gasteiger partial charge in [-0.2, -0.15) is 26.3 Å². The molecule has 3 N–H and O–H groups in total. The summed E-state index contributed by atoms with van der Waals surface area (Å²) < 4.78 is 83.7. The van der Waals surface area contributed by atoms with Crippen LogP contribution in [0.3, 0.4) is 0 Å². The molecule has 1 saturated heterocycles. The van der Waals surface area contributed by atoms with E-state index in [0.717, 1.165) is 18.2 Å². The van der Waals surface area contributed by atoms with Crippen LogP contribution in [0.15, 0.2) is 42.5 Å². The molecule has 2 aliphatic rings. The van der Waals surface area contributed by atoms with Gasteiger partial charge in [0, 0.05) is 49.3 Å². The van der Waals surface area contributed by atoms with Gasteiger partial charge in [0.25, 0.3) is 0 Å². The molecule has 39 heavy (non-hydrogen) atoms. The van der Waals surface area contributed by atoms with Gasteiger partial charge in [-0.1, -0.05) is 0 Å². The van der Waals surface area contributed by atoms with Gasteiger partial charge in [-0.15, -0.1) is 0 Å². The Balaban J connectivity index is 1.20. The molecule has 2 aromatic carbocycles. The molecule has 2 fully saturated rings. The molecule has 4 rings (SSSR count). The standard InChI is InChI=1S/C27H32F6N4O2/c28-26(29,30)18-2-7-21(8-3-18)36-12-1-13-37(15-14-36)25(38)17-39-22-9-4-19(5-10-22)35-20-6-11-24(34)23(16-20)27(31,32)33/h2-3,6-8,11,16,19,22,35H,1,4-5,9-10,12-15,17,34H2. The number of carbonyl (C=O) groups excluding carboxylic acids is 1. The molecular formula is C27H32F6N4O2. The molecule has 0 bridgehead atoms. The lowest BCUT2D eigenvalue weighted by molar-refractivity contribution is -0.139. The van der Waals surface area contributed by atoms with Gasteiger partial charge in [0.1, 0.15) is 6.61 Å². The smallest absolute Gasteiger partial charge is 0.398 e. The summed E-state index contributed by atoms with van der Waals surface area (Å²) in [5.74, 6) is -0.133. The summed E-state index contributed by atoms with van der Waals surface area (Å²) in [7, 11) is 0. The largest absolute Gasteiger partial charge is 0.418 e. The summed E-state index contributed by atoms with van der Waals surface area (Å²) in [6.45, 7) is 2.06. The third kappa shape index (κ3) is 7.71. The number of hydrogen-bond acceptors (Lipinski definition) is 5. The van der Waals surface area contributed by atoms with Gasteiger partial charge in [-0.25, -0.2) is 0 Å². The summed E-state index contributed by atoms with van der Waals surface area (Å²) in [6.07, 6.45) is -5.60. The minimum Gasteiger partial charge on any atom is -0.398 e. The number of nitrogens with one attached hydrogen (secondary N) is 1. The van der Waals surface area contributed by atoms with Crippen molar-refractivity contribution in [3.05, 3.63) is 53.6 Å². The Labute approximate surface area is 223 Å². The first-order valence-corrected chi connectivity index (χ1v) is 12.9. The Kier molecular flexibility index (Phi) is 8.83. The van der Waals surface area contributed by atoms with Crippen LogP contribution in [0.1, 0.15) is 43.2 Å². The van der Waals surface area contributed by atoms with E-state index in [4.69, 9.17) is 10.5 Å². The number of ether oxygens (including phenoxy) is 1. The molecule has 0 atom stereocenters. The summed E-state index contributed by atoms with van der Waals surface area (Å²) in [5, 5.41) is 3.15. The number of rotatable bonds is 6. The van der Waals surface area contributed by atoms with Crippen molar-refractivity contribution in [3.8, 4) is 0 Å². The summed E-state index contributed by atoms with van der Waals surface area (Å²) >= 11 is 0. The normalized spacial score (nSPS) is 21.0. The first-order valence-electron chi connectivity index (χ1n) is 12.9. The highest BCUT2D eigenvalue weighted by Crippen LogP contribution is 2.36. The monoisotopic (exact) mass is 558 g/mol. The highest BCUT2D eigenvalue weighted by Gasteiger charge is 2.34. The van der Waals surface area contributed by atoms with Crippen LogP contribution in [0, 0.1) is 0 Å². The quantitative estimate of drug-likeness (QED) is 0.347. The topological polar surface area (TPSA) is 70.8 Å². The number of benzene rings is 2. The Bertz CT molecular complexity index is 1110. The van der Waals surface area contributed by atoms with Gasteiger partial charge in [-0.3, -0.25) is 4.79 Å². The zero-order valence-corrected chi connectivity index (χ0v) is 21.3. The third-order valence-electron chi connectivity index (χ3n) is 7.25. The number of hydrogen-bond donors (Lipinski definition) is 2. The second-order valence-corrected chi connectivity index (χ2v) is 9.99. The molecule has 0 unspecified atom stereocenters. The van der Waals surface area contributed by atoms with Crippen molar-refractivity contribution in [2.24, 2.45) is 0 Å². The van der Waals surface area contributed by atoms with Crippen LogP contribution in [-0.2, 0) is 21.9 Å². The van der Waals surface area contributed by atoms with Crippen molar-refractivity contribution >= 4 is 23.0 Å². The van der Waals surface area contributed by atoms with Gasteiger partial charge in [0.05, 0.1) is 17.2 Å². The molecule has 0 radical (unpaired) electrons. The summed E-state index contributed by atoms with van der Waals surface area (Å²) in [5.41, 5.74) is 4.65. The second-order valence-electron chi connectivity index (χ2n) is 9.99. The lowest BCUT2D eigenvalue weighted by atomic mass is 9.92. The zero-order valence-electron chi connectivity index (χ0n) is 21.3. The number of amides is 1. The molecule has 214 valence electrons. The van der Waals surface area contributed by atoms with E-state index in [1.165, 1.54) is 24.3 Å². The van der Waals surface area contributed by atoms with Crippen LogP contribution >= 0.6 is 0 Å². The summed E-state index contributed by atoms with van der Waals surface area (Å²) in [6, 6.07) is 8.84. The fourth-order valence-electron chi connectivity index (χ4n) is 5.07. The fraction of sp³-hybridized carbons (Fsp3) is 0.519. The predicted molar refractivity (Wildman–Crippen MR) is 136 cm³/mol. The Morgan fingerprint density at radius 1 is 0.897 bits per heavy atom. The molecule has 12 heteroatoms. The molecule has 2 aromatic rings. The number of alkyl halides is 6. The maximum Gasteiger partial charge on any atom is 0.418 e. The lowest BCUT2D eigenvalue weighted by Gasteiger charge is -2.30. The number of nitrogen functional groups attached to an aromatic ring is 1. The van der Waals surface area contributed by atoms with Crippen LogP contribution in [-0.4, -0.2) is 55.7 Å². The van der Waals surface area contributed by atoms with E-state index in [1.807, 2.05) is 4.90 Å². The van der Waals surface area contributed by atoms with E-state index in [0.29, 0.717) is 69.7 Å². The molecule has 6 nitrogen and oxygen atoms in total. The first kappa shape index (κ1) is 28.8. The minimum atomic E-state index is -4.52. The van der Waals surface area contributed by atoms with Gasteiger partial charge in [0.2, 0.25) is 5.91 Å². The Hall–Kier alpha value is -3.15. The average molecular weight is 559 g/mol. The van der Waals surface area contributed by atoms with E-state index >= 15 is 0 Å². The highest BCUT2D eigenvalue weighted by atomic mass is 19.4. The van der Waals surface area contributed by atoms with Gasteiger partial charge in [0.15, 0.2) is 0 Å². The Morgan fingerprint density at radius 2 is 1.59 bits per heavy atom. The molecule has 1 aliphatic heterocycles. The maximum absolute atomic E-state index is 13.1. The van der Waals surface area contributed by atoms with Crippen molar-refractivity contribution in [1.29, 1.82) is 0 Å².